The van der Waals surface area contributed by atoms with Crippen LogP contribution in [-0.4, -0.2) is 0 Å². The minimum Gasteiger partial charge on any atom is -0.867 e. The van der Waals surface area contributed by atoms with E-state index in [1.165, 1.54) is 6.07 Å². The van der Waals surface area contributed by atoms with Gasteiger partial charge in [-0.2, -0.15) is 0 Å². The first-order valence-electron chi connectivity index (χ1n) is 3.87. The van der Waals surface area contributed by atoms with Gasteiger partial charge in [0.25, 0.3) is 0 Å². The first-order chi connectivity index (χ1) is 6.33. The molecule has 0 N–H and O–H groups in total. The van der Waals surface area contributed by atoms with Crippen molar-refractivity contribution in [2.24, 2.45) is 0 Å². The van der Waals surface area contributed by atoms with Gasteiger partial charge in [0, 0.05) is 0 Å². The number of hydrogen-bond acceptors (Lipinski definition) is 2. The summed E-state index contributed by atoms with van der Waals surface area (Å²) in [4.78, 5) is 3.00. The second-order valence-corrected chi connectivity index (χ2v) is 2.73. The van der Waals surface area contributed by atoms with Crippen molar-refractivity contribution >= 4 is 5.69 Å². The molecule has 0 unspecified atom stereocenters. The van der Waals surface area contributed by atoms with Gasteiger partial charge in [0.1, 0.15) is 0 Å². The third-order valence-electron chi connectivity index (χ3n) is 1.96. The lowest BCUT2D eigenvalue weighted by atomic mass is 10.1. The fourth-order valence-electron chi connectivity index (χ4n) is 1.35. The van der Waals surface area contributed by atoms with Crippen molar-refractivity contribution < 1.29 is 5.11 Å². The highest BCUT2D eigenvalue weighted by molar-refractivity contribution is 5.83. The lowest BCUT2D eigenvalue weighted by molar-refractivity contribution is -0.266. The van der Waals surface area contributed by atoms with Gasteiger partial charge < -0.3 is 5.11 Å². The van der Waals surface area contributed by atoms with Crippen molar-refractivity contribution in [1.29, 1.82) is 5.39 Å². The molecule has 0 fully saturated rings. The molecule has 0 aromatic heterocycles. The molecule has 62 valence electrons. The third-order valence-corrected chi connectivity index (χ3v) is 1.96. The zero-order valence-electron chi connectivity index (χ0n) is 6.77. The summed E-state index contributed by atoms with van der Waals surface area (Å²) in [5.74, 6) is -0.274. The fraction of sp³-hybridized carbons (Fsp3) is 0. The van der Waals surface area contributed by atoms with Gasteiger partial charge in [-0.3, -0.25) is 0 Å². The van der Waals surface area contributed by atoms with Crippen LogP contribution >= 0.6 is 0 Å². The van der Waals surface area contributed by atoms with Crippen LogP contribution in [-0.2, 0) is 0 Å². The van der Waals surface area contributed by atoms with Gasteiger partial charge in [-0.1, -0.05) is 30.3 Å². The minimum atomic E-state index is -0.274. The van der Waals surface area contributed by atoms with Crippen LogP contribution in [0.25, 0.3) is 16.1 Å². The normalized spacial score (nSPS) is 9.77. The first kappa shape index (κ1) is 7.56. The summed E-state index contributed by atoms with van der Waals surface area (Å²) in [6.07, 6.45) is 0. The highest BCUT2D eigenvalue weighted by Crippen LogP contribution is 2.36. The average molecular weight is 170 g/mol. The zero-order valence-corrected chi connectivity index (χ0v) is 6.77. The SMILES string of the molecule is N#[N+]c1c([O-])cccc2cccc1-2. The Balaban J connectivity index is 2.85. The van der Waals surface area contributed by atoms with Gasteiger partial charge in [-0.15, -0.1) is 0 Å². The Morgan fingerprint density at radius 3 is 2.46 bits per heavy atom. The minimum absolute atomic E-state index is 0.102. The molecule has 13 heavy (non-hydrogen) atoms. The van der Waals surface area contributed by atoms with Gasteiger partial charge in [0.2, 0.25) is 5.39 Å². The molecule has 0 amide bonds. The standard InChI is InChI=1S/C10H6N2O/c11-12-10-8-5-1-3-7(8)4-2-6-9(10)13/h1-6H. The number of hydrogen-bond donors (Lipinski definition) is 0. The monoisotopic (exact) mass is 170 g/mol. The maximum absolute atomic E-state index is 11.3. The van der Waals surface area contributed by atoms with Gasteiger partial charge in [0.05, 0.1) is 5.56 Å². The largest absolute Gasteiger partial charge is 0.867 e. The van der Waals surface area contributed by atoms with Crippen LogP contribution in [0.4, 0.5) is 5.69 Å². The molecule has 0 radical (unpaired) electrons. The highest BCUT2D eigenvalue weighted by atomic mass is 16.3. The Hall–Kier alpha value is -2.08. The molecule has 2 rings (SSSR count). The lowest BCUT2D eigenvalue weighted by Gasteiger charge is -1.95. The van der Waals surface area contributed by atoms with Crippen molar-refractivity contribution in [2.75, 3.05) is 0 Å². The average Bonchev–Trinajstić information content (AvgIpc) is 2.50. The van der Waals surface area contributed by atoms with Gasteiger partial charge >= 0.3 is 5.69 Å². The molecular weight excluding hydrogens is 164 g/mol. The van der Waals surface area contributed by atoms with Crippen LogP contribution in [0.2, 0.25) is 0 Å². The summed E-state index contributed by atoms with van der Waals surface area (Å²) in [5.41, 5.74) is 1.68. The molecule has 3 nitrogen and oxygen atoms in total. The highest BCUT2D eigenvalue weighted by Gasteiger charge is 2.16. The molecule has 0 aromatic carbocycles. The topological polar surface area (TPSA) is 51.2 Å². The van der Waals surface area contributed by atoms with Crippen LogP contribution in [0.15, 0.2) is 36.4 Å². The Morgan fingerprint density at radius 1 is 1.08 bits per heavy atom. The summed E-state index contributed by atoms with van der Waals surface area (Å²) >= 11 is 0. The van der Waals surface area contributed by atoms with E-state index in [-0.39, 0.29) is 11.4 Å². The summed E-state index contributed by atoms with van der Waals surface area (Å²) in [6.45, 7) is 0. The molecular formula is C10H6N2O. The van der Waals surface area contributed by atoms with Crippen molar-refractivity contribution in [3.05, 3.63) is 41.4 Å². The van der Waals surface area contributed by atoms with E-state index < -0.39 is 0 Å². The Kier molecular flexibility index (Phi) is 1.60. The molecule has 2 aliphatic carbocycles. The van der Waals surface area contributed by atoms with Gasteiger partial charge in [-0.25, -0.2) is 0 Å². The van der Waals surface area contributed by atoms with Crippen LogP contribution in [0.1, 0.15) is 0 Å². The molecule has 0 saturated heterocycles. The van der Waals surface area contributed by atoms with Crippen molar-refractivity contribution in [2.45, 2.75) is 0 Å². The van der Waals surface area contributed by atoms with E-state index in [9.17, 15) is 5.11 Å². The quantitative estimate of drug-likeness (QED) is 0.570. The number of nitrogens with zero attached hydrogens (tertiary/aromatic N) is 2. The predicted octanol–water partition coefficient (Wildman–Crippen LogP) is 2.35. The van der Waals surface area contributed by atoms with E-state index in [4.69, 9.17) is 5.39 Å². The molecule has 2 aliphatic rings. The number of diazo groups is 1. The number of fused-ring (bicyclic) bond motifs is 1. The van der Waals surface area contributed by atoms with Crippen LogP contribution < -0.4 is 5.11 Å². The first-order valence-corrected chi connectivity index (χ1v) is 3.87. The van der Waals surface area contributed by atoms with E-state index >= 15 is 0 Å². The van der Waals surface area contributed by atoms with Crippen LogP contribution in [0.5, 0.6) is 5.75 Å². The zero-order chi connectivity index (χ0) is 9.26. The summed E-state index contributed by atoms with van der Waals surface area (Å²) < 4.78 is 0. The Bertz CT molecular complexity index is 459. The molecule has 0 heterocycles. The molecule has 0 aromatic rings. The fourth-order valence-corrected chi connectivity index (χ4v) is 1.35. The van der Waals surface area contributed by atoms with Gasteiger partial charge in [0.15, 0.2) is 4.98 Å². The summed E-state index contributed by atoms with van der Waals surface area (Å²) in [7, 11) is 0. The van der Waals surface area contributed by atoms with E-state index in [1.54, 1.807) is 12.1 Å². The third kappa shape index (κ3) is 1.09. The van der Waals surface area contributed by atoms with Crippen molar-refractivity contribution in [3.8, 4) is 16.9 Å². The second kappa shape index (κ2) is 2.76. The van der Waals surface area contributed by atoms with Crippen LogP contribution in [0, 0.1) is 5.39 Å². The maximum Gasteiger partial charge on any atom is 0.385 e. The van der Waals surface area contributed by atoms with Crippen LogP contribution in [0.3, 0.4) is 0 Å². The molecule has 3 heteroatoms. The Labute approximate surface area is 75.2 Å². The van der Waals surface area contributed by atoms with E-state index in [1.807, 2.05) is 18.2 Å². The Morgan fingerprint density at radius 2 is 1.77 bits per heavy atom. The maximum atomic E-state index is 11.3. The van der Waals surface area contributed by atoms with E-state index in [0.717, 1.165) is 5.56 Å². The molecule has 0 atom stereocenters. The molecule has 0 bridgehead atoms. The molecule has 0 spiro atoms. The number of rotatable bonds is 0. The molecule has 0 saturated carbocycles. The van der Waals surface area contributed by atoms with E-state index in [2.05, 4.69) is 4.98 Å². The lowest BCUT2D eigenvalue weighted by Crippen LogP contribution is -1.86. The summed E-state index contributed by atoms with van der Waals surface area (Å²) in [5, 5.41) is 20.0. The predicted molar refractivity (Wildman–Crippen MR) is 47.3 cm³/mol. The van der Waals surface area contributed by atoms with Gasteiger partial charge in [-0.05, 0) is 17.4 Å². The van der Waals surface area contributed by atoms with E-state index in [0.29, 0.717) is 5.56 Å². The molecule has 0 aliphatic heterocycles. The van der Waals surface area contributed by atoms with Crippen molar-refractivity contribution in [1.82, 2.24) is 0 Å². The van der Waals surface area contributed by atoms with Crippen molar-refractivity contribution in [3.63, 3.8) is 0 Å². The smallest absolute Gasteiger partial charge is 0.385 e. The summed E-state index contributed by atoms with van der Waals surface area (Å²) in [6, 6.07) is 10.3. The second-order valence-electron chi connectivity index (χ2n) is 2.73.